The fourth-order valence-corrected chi connectivity index (χ4v) is 4.64. The Morgan fingerprint density at radius 1 is 0.914 bits per heavy atom. The summed E-state index contributed by atoms with van der Waals surface area (Å²) in [6, 6.07) is 12.6. The van der Waals surface area contributed by atoms with Crippen LogP contribution in [-0.2, 0) is 4.79 Å². The van der Waals surface area contributed by atoms with Crippen LogP contribution in [0.3, 0.4) is 0 Å². The van der Waals surface area contributed by atoms with Crippen LogP contribution in [0.2, 0.25) is 0 Å². The van der Waals surface area contributed by atoms with Crippen LogP contribution in [-0.4, -0.2) is 53.1 Å². The van der Waals surface area contributed by atoms with Crippen molar-refractivity contribution >= 4 is 23.2 Å². The molecule has 3 aromatic rings. The number of hydrogen-bond acceptors (Lipinski definition) is 5. The third kappa shape index (κ3) is 4.90. The minimum absolute atomic E-state index is 0.0186. The lowest BCUT2D eigenvalue weighted by Gasteiger charge is -2.33. The van der Waals surface area contributed by atoms with Gasteiger partial charge in [0.1, 0.15) is 11.6 Å². The summed E-state index contributed by atoms with van der Waals surface area (Å²) in [6.07, 6.45) is 4.63. The van der Waals surface area contributed by atoms with Crippen LogP contribution in [0, 0.1) is 17.6 Å². The average Bonchev–Trinajstić information content (AvgIpc) is 2.83. The van der Waals surface area contributed by atoms with Crippen molar-refractivity contribution in [3.8, 4) is 0 Å². The lowest BCUT2D eigenvalue weighted by molar-refractivity contribution is -0.123. The van der Waals surface area contributed by atoms with Gasteiger partial charge in [-0.3, -0.25) is 14.5 Å². The van der Waals surface area contributed by atoms with E-state index in [2.05, 4.69) is 15.5 Å². The number of anilines is 2. The van der Waals surface area contributed by atoms with Crippen LogP contribution in [0.25, 0.3) is 0 Å². The predicted molar refractivity (Wildman–Crippen MR) is 126 cm³/mol. The number of benzene rings is 2. The van der Waals surface area contributed by atoms with Crippen LogP contribution >= 0.6 is 0 Å². The topological polar surface area (TPSA) is 78.4 Å². The van der Waals surface area contributed by atoms with Crippen molar-refractivity contribution in [3.63, 3.8) is 0 Å². The van der Waals surface area contributed by atoms with Gasteiger partial charge in [0.2, 0.25) is 5.91 Å². The second-order valence-electron chi connectivity index (χ2n) is 8.95. The lowest BCUT2D eigenvalue weighted by Crippen LogP contribution is -2.51. The number of amides is 2. The van der Waals surface area contributed by atoms with Gasteiger partial charge in [-0.15, -0.1) is 0 Å². The molecule has 1 N–H and O–H groups in total. The highest BCUT2D eigenvalue weighted by molar-refractivity contribution is 6.02. The van der Waals surface area contributed by atoms with E-state index in [1.165, 1.54) is 0 Å². The highest BCUT2D eigenvalue weighted by atomic mass is 19.1. The molecule has 5 rings (SSSR count). The molecule has 1 aromatic heterocycles. The van der Waals surface area contributed by atoms with Gasteiger partial charge in [0.25, 0.3) is 5.91 Å². The van der Waals surface area contributed by atoms with Crippen molar-refractivity contribution < 1.29 is 18.4 Å². The molecule has 0 atom stereocenters. The highest BCUT2D eigenvalue weighted by Gasteiger charge is 2.31. The average molecular weight is 478 g/mol. The van der Waals surface area contributed by atoms with Gasteiger partial charge < -0.3 is 10.2 Å². The van der Waals surface area contributed by atoms with E-state index >= 15 is 0 Å². The molecular weight excluding hydrogens is 452 g/mol. The van der Waals surface area contributed by atoms with Gasteiger partial charge in [-0.05, 0) is 54.7 Å². The Balaban J connectivity index is 1.27. The van der Waals surface area contributed by atoms with Crippen molar-refractivity contribution in [1.82, 2.24) is 20.4 Å². The standard InChI is InChI=1S/C26H25F2N5O2/c27-21-11-19(12-22(28)13-21)25(34)32-9-6-18(7-10-32)17-1-3-23(4-2-17)33(24-5-8-30-31-16-24)26(35)20-14-29-15-20/h1-5,8,11-13,16,18,20,29H,6-7,9-10,14-15H2. The Morgan fingerprint density at radius 3 is 2.17 bits per heavy atom. The second kappa shape index (κ2) is 9.87. The van der Waals surface area contributed by atoms with Crippen molar-refractivity contribution in [2.24, 2.45) is 5.92 Å². The molecule has 2 aromatic carbocycles. The molecular formula is C26H25F2N5O2. The zero-order chi connectivity index (χ0) is 24.4. The van der Waals surface area contributed by atoms with E-state index in [1.807, 2.05) is 24.3 Å². The summed E-state index contributed by atoms with van der Waals surface area (Å²) in [5.74, 6) is -1.68. The summed E-state index contributed by atoms with van der Waals surface area (Å²) >= 11 is 0. The minimum Gasteiger partial charge on any atom is -0.339 e. The van der Waals surface area contributed by atoms with Gasteiger partial charge in [-0.1, -0.05) is 12.1 Å². The molecule has 0 saturated carbocycles. The van der Waals surface area contributed by atoms with E-state index < -0.39 is 11.6 Å². The second-order valence-corrected chi connectivity index (χ2v) is 8.95. The number of piperidine rings is 1. The number of nitrogens with zero attached hydrogens (tertiary/aromatic N) is 4. The molecule has 9 heteroatoms. The highest BCUT2D eigenvalue weighted by Crippen LogP contribution is 2.33. The van der Waals surface area contributed by atoms with E-state index in [0.29, 0.717) is 31.9 Å². The number of aromatic nitrogens is 2. The molecule has 0 unspecified atom stereocenters. The minimum atomic E-state index is -0.757. The molecule has 0 radical (unpaired) electrons. The number of halogens is 2. The molecule has 0 spiro atoms. The van der Waals surface area contributed by atoms with E-state index in [9.17, 15) is 18.4 Å². The molecule has 180 valence electrons. The van der Waals surface area contributed by atoms with Crippen LogP contribution < -0.4 is 10.2 Å². The Kier molecular flexibility index (Phi) is 6.50. The number of nitrogens with one attached hydrogen (secondary N) is 1. The van der Waals surface area contributed by atoms with Gasteiger partial charge in [-0.2, -0.15) is 10.2 Å². The summed E-state index contributed by atoms with van der Waals surface area (Å²) in [7, 11) is 0. The smallest absolute Gasteiger partial charge is 0.254 e. The predicted octanol–water partition coefficient (Wildman–Crippen LogP) is 3.66. The molecule has 2 saturated heterocycles. The summed E-state index contributed by atoms with van der Waals surface area (Å²) in [5.41, 5.74) is 2.59. The monoisotopic (exact) mass is 477 g/mol. The number of carbonyl (C=O) groups excluding carboxylic acids is 2. The summed E-state index contributed by atoms with van der Waals surface area (Å²) in [5, 5.41) is 10.9. The largest absolute Gasteiger partial charge is 0.339 e. The Morgan fingerprint density at radius 2 is 1.60 bits per heavy atom. The lowest BCUT2D eigenvalue weighted by atomic mass is 9.89. The number of hydrogen-bond donors (Lipinski definition) is 1. The van der Waals surface area contributed by atoms with Crippen molar-refractivity contribution in [3.05, 3.63) is 83.7 Å². The van der Waals surface area contributed by atoms with E-state index in [4.69, 9.17) is 0 Å². The fraction of sp³-hybridized carbons (Fsp3) is 0.308. The van der Waals surface area contributed by atoms with Gasteiger partial charge in [-0.25, -0.2) is 8.78 Å². The first-order chi connectivity index (χ1) is 17.0. The number of rotatable bonds is 5. The van der Waals surface area contributed by atoms with E-state index in [1.54, 1.807) is 28.3 Å². The Hall–Kier alpha value is -3.72. The van der Waals surface area contributed by atoms with Crippen molar-refractivity contribution in [1.29, 1.82) is 0 Å². The molecule has 2 aliphatic heterocycles. The molecule has 7 nitrogen and oxygen atoms in total. The van der Waals surface area contributed by atoms with Gasteiger partial charge in [0.05, 0.1) is 24.0 Å². The first-order valence-corrected chi connectivity index (χ1v) is 11.7. The molecule has 2 fully saturated rings. The molecule has 0 aliphatic carbocycles. The van der Waals surface area contributed by atoms with Crippen molar-refractivity contribution in [2.45, 2.75) is 18.8 Å². The quantitative estimate of drug-likeness (QED) is 0.607. The van der Waals surface area contributed by atoms with E-state index in [-0.39, 0.29) is 29.2 Å². The van der Waals surface area contributed by atoms with Gasteiger partial charge in [0.15, 0.2) is 0 Å². The maximum Gasteiger partial charge on any atom is 0.254 e. The SMILES string of the molecule is O=C(c1cc(F)cc(F)c1)N1CCC(c2ccc(N(C(=O)C3CNC3)c3ccnnc3)cc2)CC1. The molecule has 2 amide bonds. The number of likely N-dealkylation sites (tertiary alicyclic amines) is 1. The molecule has 3 heterocycles. The first-order valence-electron chi connectivity index (χ1n) is 11.7. The van der Waals surface area contributed by atoms with Crippen LogP contribution in [0.4, 0.5) is 20.2 Å². The van der Waals surface area contributed by atoms with Gasteiger partial charge >= 0.3 is 0 Å². The first kappa shape index (κ1) is 23.0. The van der Waals surface area contributed by atoms with E-state index in [0.717, 1.165) is 42.3 Å². The maximum atomic E-state index is 13.5. The summed E-state index contributed by atoms with van der Waals surface area (Å²) in [6.45, 7) is 2.33. The maximum absolute atomic E-state index is 13.5. The third-order valence-electron chi connectivity index (χ3n) is 6.69. The fourth-order valence-electron chi connectivity index (χ4n) is 4.64. The van der Waals surface area contributed by atoms with Crippen molar-refractivity contribution in [2.75, 3.05) is 31.1 Å². The normalized spacial score (nSPS) is 16.6. The third-order valence-corrected chi connectivity index (χ3v) is 6.69. The Labute approximate surface area is 201 Å². The summed E-state index contributed by atoms with van der Waals surface area (Å²) in [4.78, 5) is 29.1. The summed E-state index contributed by atoms with van der Waals surface area (Å²) < 4.78 is 27.0. The Bertz CT molecular complexity index is 1190. The zero-order valence-corrected chi connectivity index (χ0v) is 19.0. The molecule has 0 bridgehead atoms. The zero-order valence-electron chi connectivity index (χ0n) is 19.0. The van der Waals surface area contributed by atoms with Gasteiger partial charge in [0, 0.05) is 43.5 Å². The molecule has 2 aliphatic rings. The van der Waals surface area contributed by atoms with Crippen LogP contribution in [0.1, 0.15) is 34.7 Å². The van der Waals surface area contributed by atoms with Crippen LogP contribution in [0.5, 0.6) is 0 Å². The van der Waals surface area contributed by atoms with Crippen LogP contribution in [0.15, 0.2) is 60.9 Å². The number of carbonyl (C=O) groups is 2. The molecule has 35 heavy (non-hydrogen) atoms.